The lowest BCUT2D eigenvalue weighted by Gasteiger charge is -2.17. The monoisotopic (exact) mass is 280 g/mol. The maximum Gasteiger partial charge on any atom is 0.303 e. The van der Waals surface area contributed by atoms with Crippen molar-refractivity contribution in [2.75, 3.05) is 13.2 Å². The number of carbonyl (C=O) groups is 1. The first-order valence-corrected chi connectivity index (χ1v) is 6.70. The highest BCUT2D eigenvalue weighted by atomic mass is 16.7. The van der Waals surface area contributed by atoms with E-state index in [4.69, 9.17) is 19.3 Å². The largest absolute Gasteiger partial charge is 0.491 e. The van der Waals surface area contributed by atoms with Crippen LogP contribution in [-0.4, -0.2) is 36.2 Å². The van der Waals surface area contributed by atoms with Crippen molar-refractivity contribution in [2.45, 2.75) is 38.6 Å². The summed E-state index contributed by atoms with van der Waals surface area (Å²) in [7, 11) is 0. The second-order valence-electron chi connectivity index (χ2n) is 5.30. The molecule has 1 aliphatic rings. The Hall–Kier alpha value is -1.59. The lowest BCUT2D eigenvalue weighted by Crippen LogP contribution is -2.25. The molecule has 1 heterocycles. The van der Waals surface area contributed by atoms with Gasteiger partial charge in [0, 0.05) is 6.42 Å². The van der Waals surface area contributed by atoms with Gasteiger partial charge in [-0.3, -0.25) is 4.79 Å². The summed E-state index contributed by atoms with van der Waals surface area (Å²) in [5.74, 6) is -0.571. The maximum absolute atomic E-state index is 10.5. The van der Waals surface area contributed by atoms with Gasteiger partial charge in [0.2, 0.25) is 0 Å². The third-order valence-electron chi connectivity index (χ3n) is 3.05. The second kappa shape index (κ2) is 6.24. The number of aliphatic carboxylic acids is 1. The summed E-state index contributed by atoms with van der Waals surface area (Å²) in [5, 5.41) is 8.63. The van der Waals surface area contributed by atoms with Crippen molar-refractivity contribution < 1.29 is 24.1 Å². The standard InChI is InChI=1S/C15H20O5/c1-15(2)19-10-13(20-15)9-18-12-6-3-11(4-7-12)5-8-14(16)17/h3-4,6-7,13H,5,8-10H2,1-2H3,(H,16,17)/t13-/m1/s1. The average molecular weight is 280 g/mol. The third kappa shape index (κ3) is 4.51. The van der Waals surface area contributed by atoms with Crippen LogP contribution in [0.3, 0.4) is 0 Å². The summed E-state index contributed by atoms with van der Waals surface area (Å²) in [6, 6.07) is 7.46. The van der Waals surface area contributed by atoms with Gasteiger partial charge in [0.1, 0.15) is 18.5 Å². The van der Waals surface area contributed by atoms with Gasteiger partial charge in [-0.2, -0.15) is 0 Å². The Kier molecular flexibility index (Phi) is 4.62. The number of hydrogen-bond donors (Lipinski definition) is 1. The van der Waals surface area contributed by atoms with Gasteiger partial charge in [-0.1, -0.05) is 12.1 Å². The van der Waals surface area contributed by atoms with Crippen LogP contribution in [-0.2, 0) is 20.7 Å². The van der Waals surface area contributed by atoms with E-state index in [1.165, 1.54) is 0 Å². The Morgan fingerprint density at radius 3 is 2.65 bits per heavy atom. The molecule has 1 saturated heterocycles. The van der Waals surface area contributed by atoms with Crippen LogP contribution in [0.4, 0.5) is 0 Å². The van der Waals surface area contributed by atoms with Crippen molar-refractivity contribution in [1.82, 2.24) is 0 Å². The molecule has 2 rings (SSSR count). The summed E-state index contributed by atoms with van der Waals surface area (Å²) in [4.78, 5) is 10.5. The molecular formula is C15H20O5. The van der Waals surface area contributed by atoms with E-state index in [1.807, 2.05) is 38.1 Å². The summed E-state index contributed by atoms with van der Waals surface area (Å²) in [5.41, 5.74) is 0.987. The minimum Gasteiger partial charge on any atom is -0.491 e. The van der Waals surface area contributed by atoms with E-state index in [0.717, 1.165) is 11.3 Å². The second-order valence-corrected chi connectivity index (χ2v) is 5.30. The Balaban J connectivity index is 1.78. The molecular weight excluding hydrogens is 260 g/mol. The van der Waals surface area contributed by atoms with E-state index < -0.39 is 11.8 Å². The smallest absolute Gasteiger partial charge is 0.303 e. The number of hydrogen-bond acceptors (Lipinski definition) is 4. The Bertz CT molecular complexity index is 452. The van der Waals surface area contributed by atoms with Crippen LogP contribution in [0.15, 0.2) is 24.3 Å². The molecule has 1 aliphatic heterocycles. The van der Waals surface area contributed by atoms with E-state index in [1.54, 1.807) is 0 Å². The number of carboxylic acid groups (broad SMARTS) is 1. The normalized spacial score (nSPS) is 20.8. The Morgan fingerprint density at radius 2 is 2.10 bits per heavy atom. The molecule has 0 amide bonds. The molecule has 1 fully saturated rings. The molecule has 1 atom stereocenters. The van der Waals surface area contributed by atoms with E-state index in [-0.39, 0.29) is 12.5 Å². The van der Waals surface area contributed by atoms with Gasteiger partial charge >= 0.3 is 5.97 Å². The van der Waals surface area contributed by atoms with E-state index in [2.05, 4.69) is 0 Å². The third-order valence-corrected chi connectivity index (χ3v) is 3.05. The van der Waals surface area contributed by atoms with Crippen LogP contribution in [0.5, 0.6) is 5.75 Å². The molecule has 0 radical (unpaired) electrons. The minimum absolute atomic E-state index is 0.0586. The molecule has 0 unspecified atom stereocenters. The molecule has 0 spiro atoms. The fourth-order valence-corrected chi connectivity index (χ4v) is 2.04. The zero-order chi connectivity index (χ0) is 14.6. The molecule has 0 bridgehead atoms. The summed E-state index contributed by atoms with van der Waals surface area (Å²) in [6.07, 6.45) is 0.614. The number of ether oxygens (including phenoxy) is 3. The average Bonchev–Trinajstić information content (AvgIpc) is 2.75. The first-order valence-electron chi connectivity index (χ1n) is 6.70. The van der Waals surface area contributed by atoms with Gasteiger partial charge in [-0.25, -0.2) is 0 Å². The van der Waals surface area contributed by atoms with Crippen molar-refractivity contribution in [2.24, 2.45) is 0 Å². The van der Waals surface area contributed by atoms with Crippen LogP contribution in [0.25, 0.3) is 0 Å². The SMILES string of the molecule is CC1(C)OC[C@@H](COc2ccc(CCC(=O)O)cc2)O1. The number of carboxylic acids is 1. The molecule has 110 valence electrons. The highest BCUT2D eigenvalue weighted by Crippen LogP contribution is 2.23. The Morgan fingerprint density at radius 1 is 1.40 bits per heavy atom. The predicted molar refractivity (Wildman–Crippen MR) is 72.8 cm³/mol. The molecule has 0 saturated carbocycles. The van der Waals surface area contributed by atoms with Gasteiger partial charge in [-0.15, -0.1) is 0 Å². The first kappa shape index (κ1) is 14.8. The molecule has 5 nitrogen and oxygen atoms in total. The highest BCUT2D eigenvalue weighted by molar-refractivity contribution is 5.67. The van der Waals surface area contributed by atoms with Gasteiger partial charge in [-0.05, 0) is 38.0 Å². The van der Waals surface area contributed by atoms with Crippen molar-refractivity contribution >= 4 is 5.97 Å². The summed E-state index contributed by atoms with van der Waals surface area (Å²) in [6.45, 7) is 4.73. The number of aryl methyl sites for hydroxylation is 1. The molecule has 0 aliphatic carbocycles. The molecule has 1 N–H and O–H groups in total. The molecule has 5 heteroatoms. The van der Waals surface area contributed by atoms with Gasteiger partial charge in [0.25, 0.3) is 0 Å². The highest BCUT2D eigenvalue weighted by Gasteiger charge is 2.32. The molecule has 20 heavy (non-hydrogen) atoms. The quantitative estimate of drug-likeness (QED) is 0.865. The Labute approximate surface area is 118 Å². The van der Waals surface area contributed by atoms with Crippen molar-refractivity contribution in [3.63, 3.8) is 0 Å². The molecule has 1 aromatic carbocycles. The number of rotatable bonds is 6. The predicted octanol–water partition coefficient (Wildman–Crippen LogP) is 2.23. The fourth-order valence-electron chi connectivity index (χ4n) is 2.04. The first-order chi connectivity index (χ1) is 9.44. The maximum atomic E-state index is 10.5. The molecule has 0 aromatic heterocycles. The van der Waals surface area contributed by atoms with Crippen molar-refractivity contribution in [1.29, 1.82) is 0 Å². The van der Waals surface area contributed by atoms with Crippen molar-refractivity contribution in [3.05, 3.63) is 29.8 Å². The summed E-state index contributed by atoms with van der Waals surface area (Å²) >= 11 is 0. The topological polar surface area (TPSA) is 65.0 Å². The molecule has 1 aromatic rings. The zero-order valence-corrected chi connectivity index (χ0v) is 11.8. The van der Waals surface area contributed by atoms with Gasteiger partial charge in [0.15, 0.2) is 5.79 Å². The minimum atomic E-state index is -0.786. The van der Waals surface area contributed by atoms with Crippen molar-refractivity contribution in [3.8, 4) is 5.75 Å². The van der Waals surface area contributed by atoms with Gasteiger partial charge < -0.3 is 19.3 Å². The van der Waals surface area contributed by atoms with Crippen LogP contribution >= 0.6 is 0 Å². The lowest BCUT2D eigenvalue weighted by atomic mass is 10.1. The van der Waals surface area contributed by atoms with E-state index in [0.29, 0.717) is 19.6 Å². The lowest BCUT2D eigenvalue weighted by molar-refractivity contribution is -0.141. The number of benzene rings is 1. The summed E-state index contributed by atoms with van der Waals surface area (Å²) < 4.78 is 16.7. The van der Waals surface area contributed by atoms with Crippen LogP contribution in [0.1, 0.15) is 25.8 Å². The van der Waals surface area contributed by atoms with Crippen LogP contribution in [0, 0.1) is 0 Å². The van der Waals surface area contributed by atoms with Crippen LogP contribution < -0.4 is 4.74 Å². The zero-order valence-electron chi connectivity index (χ0n) is 11.8. The van der Waals surface area contributed by atoms with E-state index >= 15 is 0 Å². The fraction of sp³-hybridized carbons (Fsp3) is 0.533. The van der Waals surface area contributed by atoms with Gasteiger partial charge in [0.05, 0.1) is 6.61 Å². The van der Waals surface area contributed by atoms with E-state index in [9.17, 15) is 4.79 Å². The van der Waals surface area contributed by atoms with Crippen LogP contribution in [0.2, 0.25) is 0 Å².